The fourth-order valence-electron chi connectivity index (χ4n) is 3.60. The van der Waals surface area contributed by atoms with Gasteiger partial charge in [0.1, 0.15) is 6.61 Å². The van der Waals surface area contributed by atoms with E-state index < -0.39 is 5.54 Å². The van der Waals surface area contributed by atoms with E-state index in [1.165, 1.54) is 6.92 Å². The molecule has 0 aliphatic carbocycles. The van der Waals surface area contributed by atoms with Gasteiger partial charge in [-0.2, -0.15) is 0 Å². The second kappa shape index (κ2) is 9.34. The molecule has 0 bridgehead atoms. The molecule has 3 nitrogen and oxygen atoms in total. The van der Waals surface area contributed by atoms with Crippen molar-refractivity contribution in [1.82, 2.24) is 5.32 Å². The molecule has 3 rings (SSSR count). The van der Waals surface area contributed by atoms with Crippen LogP contribution >= 0.6 is 0 Å². The van der Waals surface area contributed by atoms with Gasteiger partial charge in [0.2, 0.25) is 0 Å². The number of ether oxygens (including phenoxy) is 1. The summed E-state index contributed by atoms with van der Waals surface area (Å²) in [6.45, 7) is 3.89. The lowest BCUT2D eigenvalue weighted by Gasteiger charge is -2.40. The lowest BCUT2D eigenvalue weighted by Crippen LogP contribution is -2.51. The zero-order chi connectivity index (χ0) is 19.8. The van der Waals surface area contributed by atoms with E-state index in [-0.39, 0.29) is 12.0 Å². The SMILES string of the molecule is CC[C@H](COC(C)=O)NC(c1ccccc1)(c1ccccc1)c1ccccc1. The first kappa shape index (κ1) is 19.8. The van der Waals surface area contributed by atoms with E-state index in [0.29, 0.717) is 6.61 Å². The van der Waals surface area contributed by atoms with Gasteiger partial charge in [0.05, 0.1) is 5.54 Å². The molecular formula is C25H27NO2. The molecule has 3 aromatic rings. The third-order valence-electron chi connectivity index (χ3n) is 5.02. The fraction of sp³-hybridized carbons (Fsp3) is 0.240. The lowest BCUT2D eigenvalue weighted by molar-refractivity contribution is -0.141. The van der Waals surface area contributed by atoms with Crippen LogP contribution in [0, 0.1) is 0 Å². The Labute approximate surface area is 167 Å². The maximum absolute atomic E-state index is 11.4. The molecule has 3 aromatic carbocycles. The van der Waals surface area contributed by atoms with Crippen molar-refractivity contribution in [2.45, 2.75) is 31.8 Å². The minimum absolute atomic E-state index is 0.00418. The number of benzene rings is 3. The van der Waals surface area contributed by atoms with Crippen LogP contribution in [0.3, 0.4) is 0 Å². The van der Waals surface area contributed by atoms with Gasteiger partial charge in [-0.3, -0.25) is 10.1 Å². The molecule has 1 N–H and O–H groups in total. The van der Waals surface area contributed by atoms with Gasteiger partial charge in [-0.05, 0) is 23.1 Å². The van der Waals surface area contributed by atoms with Gasteiger partial charge < -0.3 is 4.74 Å². The zero-order valence-corrected chi connectivity index (χ0v) is 16.5. The monoisotopic (exact) mass is 373 g/mol. The molecule has 0 amide bonds. The van der Waals surface area contributed by atoms with Gasteiger partial charge in [0.25, 0.3) is 0 Å². The molecule has 0 aliphatic heterocycles. The summed E-state index contributed by atoms with van der Waals surface area (Å²) in [5.41, 5.74) is 2.89. The summed E-state index contributed by atoms with van der Waals surface area (Å²) in [7, 11) is 0. The van der Waals surface area contributed by atoms with Crippen LogP contribution in [0.2, 0.25) is 0 Å². The number of esters is 1. The molecule has 3 heteroatoms. The van der Waals surface area contributed by atoms with Gasteiger partial charge in [-0.1, -0.05) is 97.9 Å². The Hall–Kier alpha value is -2.91. The van der Waals surface area contributed by atoms with E-state index in [1.807, 2.05) is 18.2 Å². The van der Waals surface area contributed by atoms with Gasteiger partial charge >= 0.3 is 5.97 Å². The smallest absolute Gasteiger partial charge is 0.302 e. The number of carbonyl (C=O) groups is 1. The summed E-state index contributed by atoms with van der Waals surface area (Å²) >= 11 is 0. The van der Waals surface area contributed by atoms with Gasteiger partial charge in [-0.15, -0.1) is 0 Å². The minimum atomic E-state index is -0.551. The quantitative estimate of drug-likeness (QED) is 0.450. The molecule has 28 heavy (non-hydrogen) atoms. The highest BCUT2D eigenvalue weighted by molar-refractivity contribution is 5.65. The third-order valence-corrected chi connectivity index (χ3v) is 5.02. The van der Waals surface area contributed by atoms with Gasteiger partial charge in [0.15, 0.2) is 0 Å². The van der Waals surface area contributed by atoms with E-state index >= 15 is 0 Å². The Kier molecular flexibility index (Phi) is 6.62. The Bertz CT molecular complexity index is 766. The van der Waals surface area contributed by atoms with Crippen molar-refractivity contribution in [3.63, 3.8) is 0 Å². The summed E-state index contributed by atoms with van der Waals surface area (Å²) in [5, 5.41) is 3.84. The van der Waals surface area contributed by atoms with Crippen LogP contribution in [-0.2, 0) is 15.1 Å². The molecule has 0 fully saturated rings. The molecule has 1 atom stereocenters. The van der Waals surface area contributed by atoms with E-state index in [4.69, 9.17) is 4.74 Å². The molecule has 0 spiro atoms. The van der Waals surface area contributed by atoms with Crippen LogP contribution in [0.5, 0.6) is 0 Å². The average molecular weight is 373 g/mol. The van der Waals surface area contributed by atoms with Crippen LogP contribution in [-0.4, -0.2) is 18.6 Å². The van der Waals surface area contributed by atoms with E-state index in [2.05, 4.69) is 85.0 Å². The van der Waals surface area contributed by atoms with Crippen LogP contribution in [0.1, 0.15) is 37.0 Å². The summed E-state index contributed by atoms with van der Waals surface area (Å²) in [5.74, 6) is -0.259. The summed E-state index contributed by atoms with van der Waals surface area (Å²) in [6.07, 6.45) is 0.835. The molecule has 144 valence electrons. The molecule has 0 saturated carbocycles. The fourth-order valence-corrected chi connectivity index (χ4v) is 3.60. The van der Waals surface area contributed by atoms with Crippen molar-refractivity contribution in [1.29, 1.82) is 0 Å². The topological polar surface area (TPSA) is 38.3 Å². The lowest BCUT2D eigenvalue weighted by atomic mass is 9.76. The number of rotatable bonds is 8. The first-order chi connectivity index (χ1) is 13.7. The Balaban J connectivity index is 2.17. The molecule has 0 aliphatic rings. The molecule has 0 heterocycles. The number of hydrogen-bond donors (Lipinski definition) is 1. The predicted molar refractivity (Wildman–Crippen MR) is 113 cm³/mol. The summed E-state index contributed by atoms with van der Waals surface area (Å²) in [4.78, 5) is 11.4. The van der Waals surface area contributed by atoms with Crippen LogP contribution in [0.4, 0.5) is 0 Å². The van der Waals surface area contributed by atoms with E-state index in [9.17, 15) is 4.79 Å². The van der Waals surface area contributed by atoms with Gasteiger partial charge in [0, 0.05) is 13.0 Å². The van der Waals surface area contributed by atoms with Gasteiger partial charge in [-0.25, -0.2) is 0 Å². The van der Waals surface area contributed by atoms with E-state index in [0.717, 1.165) is 23.1 Å². The normalized spacial score (nSPS) is 12.4. The van der Waals surface area contributed by atoms with Crippen molar-refractivity contribution in [2.75, 3.05) is 6.61 Å². The zero-order valence-electron chi connectivity index (χ0n) is 16.5. The summed E-state index contributed by atoms with van der Waals surface area (Å²) in [6, 6.07) is 31.3. The maximum Gasteiger partial charge on any atom is 0.302 e. The molecule has 0 saturated heterocycles. The number of carbonyl (C=O) groups excluding carboxylic acids is 1. The van der Waals surface area contributed by atoms with Crippen LogP contribution < -0.4 is 5.32 Å². The van der Waals surface area contributed by atoms with Crippen LogP contribution in [0.25, 0.3) is 0 Å². The highest BCUT2D eigenvalue weighted by Gasteiger charge is 2.37. The minimum Gasteiger partial charge on any atom is -0.464 e. The highest BCUT2D eigenvalue weighted by atomic mass is 16.5. The van der Waals surface area contributed by atoms with Crippen molar-refractivity contribution in [2.24, 2.45) is 0 Å². The molecule has 0 radical (unpaired) electrons. The second-order valence-corrected chi connectivity index (χ2v) is 6.90. The molecule has 0 aromatic heterocycles. The van der Waals surface area contributed by atoms with Crippen LogP contribution in [0.15, 0.2) is 91.0 Å². The Morgan fingerprint density at radius 2 is 1.21 bits per heavy atom. The van der Waals surface area contributed by atoms with E-state index in [1.54, 1.807) is 0 Å². The standard InChI is InChI=1S/C25H27NO2/c1-3-24(19-28-20(2)27)26-25(21-13-7-4-8-14-21,22-15-9-5-10-16-22)23-17-11-6-12-18-23/h4-18,24,26H,3,19H2,1-2H3/t24-/m1/s1. The first-order valence-electron chi connectivity index (χ1n) is 9.74. The highest BCUT2D eigenvalue weighted by Crippen LogP contribution is 2.37. The van der Waals surface area contributed by atoms with Crippen molar-refractivity contribution < 1.29 is 9.53 Å². The maximum atomic E-state index is 11.4. The largest absolute Gasteiger partial charge is 0.464 e. The summed E-state index contributed by atoms with van der Waals surface area (Å²) < 4.78 is 5.35. The average Bonchev–Trinajstić information content (AvgIpc) is 2.76. The third kappa shape index (κ3) is 4.32. The number of nitrogens with one attached hydrogen (secondary N) is 1. The van der Waals surface area contributed by atoms with Crippen molar-refractivity contribution in [3.05, 3.63) is 108 Å². The molecule has 0 unspecified atom stereocenters. The Morgan fingerprint density at radius 1 is 0.821 bits per heavy atom. The predicted octanol–water partition coefficient (Wildman–Crippen LogP) is 4.91. The second-order valence-electron chi connectivity index (χ2n) is 6.90. The number of hydrogen-bond acceptors (Lipinski definition) is 3. The first-order valence-corrected chi connectivity index (χ1v) is 9.74. The van der Waals surface area contributed by atoms with Crippen molar-refractivity contribution >= 4 is 5.97 Å². The molecular weight excluding hydrogens is 346 g/mol. The Morgan fingerprint density at radius 3 is 1.54 bits per heavy atom. The van der Waals surface area contributed by atoms with Crippen molar-refractivity contribution in [3.8, 4) is 0 Å².